The third-order valence-electron chi connectivity index (χ3n) is 4.74. The van der Waals surface area contributed by atoms with Gasteiger partial charge in [0, 0.05) is 19.1 Å². The van der Waals surface area contributed by atoms with Gasteiger partial charge in [-0.1, -0.05) is 12.8 Å². The van der Waals surface area contributed by atoms with Crippen LogP contribution >= 0.6 is 0 Å². The first-order valence-corrected chi connectivity index (χ1v) is 7.48. The van der Waals surface area contributed by atoms with E-state index in [1.807, 2.05) is 0 Å². The Balaban J connectivity index is 1.34. The molecule has 1 saturated carbocycles. The van der Waals surface area contributed by atoms with Crippen molar-refractivity contribution < 1.29 is 4.74 Å². The minimum absolute atomic E-state index is 0.436. The standard InChI is InChI=1S/C14H26N2O/c1-2-5-12(4-1)8-15-9-14-10-16-7-3-6-13(16)11-17-14/h12-15H,1-11H2. The molecule has 0 aromatic carbocycles. The molecule has 17 heavy (non-hydrogen) atoms. The molecule has 0 bridgehead atoms. The van der Waals surface area contributed by atoms with E-state index in [9.17, 15) is 0 Å². The summed E-state index contributed by atoms with van der Waals surface area (Å²) < 4.78 is 5.95. The first kappa shape index (κ1) is 11.9. The van der Waals surface area contributed by atoms with Crippen LogP contribution in [0.2, 0.25) is 0 Å². The van der Waals surface area contributed by atoms with Crippen molar-refractivity contribution in [1.29, 1.82) is 0 Å². The van der Waals surface area contributed by atoms with E-state index >= 15 is 0 Å². The number of hydrogen-bond acceptors (Lipinski definition) is 3. The summed E-state index contributed by atoms with van der Waals surface area (Å²) in [7, 11) is 0. The van der Waals surface area contributed by atoms with Crippen LogP contribution in [0, 0.1) is 5.92 Å². The van der Waals surface area contributed by atoms with Crippen LogP contribution in [0.1, 0.15) is 38.5 Å². The van der Waals surface area contributed by atoms with Gasteiger partial charge in [0.1, 0.15) is 0 Å². The van der Waals surface area contributed by atoms with E-state index < -0.39 is 0 Å². The van der Waals surface area contributed by atoms with Crippen LogP contribution in [-0.2, 0) is 4.74 Å². The summed E-state index contributed by atoms with van der Waals surface area (Å²) in [6.07, 6.45) is 8.92. The molecule has 98 valence electrons. The molecule has 3 aliphatic rings. The molecular weight excluding hydrogens is 212 g/mol. The van der Waals surface area contributed by atoms with Gasteiger partial charge in [-0.2, -0.15) is 0 Å². The number of nitrogens with one attached hydrogen (secondary N) is 1. The Labute approximate surface area is 105 Å². The van der Waals surface area contributed by atoms with Crippen LogP contribution in [0.4, 0.5) is 0 Å². The molecule has 3 fully saturated rings. The molecule has 1 N–H and O–H groups in total. The number of fused-ring (bicyclic) bond motifs is 1. The number of ether oxygens (including phenoxy) is 1. The van der Waals surface area contributed by atoms with Crippen LogP contribution in [0.15, 0.2) is 0 Å². The normalized spacial score (nSPS) is 35.3. The van der Waals surface area contributed by atoms with Gasteiger partial charge in [0.2, 0.25) is 0 Å². The number of rotatable bonds is 4. The van der Waals surface area contributed by atoms with E-state index in [-0.39, 0.29) is 0 Å². The second-order valence-corrected chi connectivity index (χ2v) is 6.06. The summed E-state index contributed by atoms with van der Waals surface area (Å²) in [6.45, 7) is 5.69. The predicted molar refractivity (Wildman–Crippen MR) is 69.2 cm³/mol. The van der Waals surface area contributed by atoms with Crippen molar-refractivity contribution in [2.24, 2.45) is 5.92 Å². The molecule has 2 aliphatic heterocycles. The Morgan fingerprint density at radius 3 is 2.82 bits per heavy atom. The maximum absolute atomic E-state index is 5.95. The Morgan fingerprint density at radius 2 is 1.94 bits per heavy atom. The average Bonchev–Trinajstić information content (AvgIpc) is 2.98. The summed E-state index contributed by atoms with van der Waals surface area (Å²) in [5, 5.41) is 3.63. The molecule has 1 aliphatic carbocycles. The molecule has 2 saturated heterocycles. The van der Waals surface area contributed by atoms with Crippen LogP contribution in [0.25, 0.3) is 0 Å². The fourth-order valence-electron chi connectivity index (χ4n) is 3.67. The number of nitrogens with zero attached hydrogens (tertiary/aromatic N) is 1. The first-order valence-electron chi connectivity index (χ1n) is 7.48. The Bertz CT molecular complexity index is 240. The summed E-state index contributed by atoms with van der Waals surface area (Å²) in [4.78, 5) is 2.63. The molecule has 2 atom stereocenters. The van der Waals surface area contributed by atoms with Crippen LogP contribution in [0.3, 0.4) is 0 Å². The zero-order chi connectivity index (χ0) is 11.5. The van der Waals surface area contributed by atoms with Crippen LogP contribution in [0.5, 0.6) is 0 Å². The third-order valence-corrected chi connectivity index (χ3v) is 4.74. The highest BCUT2D eigenvalue weighted by molar-refractivity contribution is 4.86. The lowest BCUT2D eigenvalue weighted by Gasteiger charge is -2.35. The smallest absolute Gasteiger partial charge is 0.0826 e. The predicted octanol–water partition coefficient (Wildman–Crippen LogP) is 1.63. The molecule has 2 heterocycles. The Kier molecular flexibility index (Phi) is 3.99. The van der Waals surface area contributed by atoms with Crippen molar-refractivity contribution in [1.82, 2.24) is 10.2 Å². The number of morpholine rings is 1. The molecule has 3 rings (SSSR count). The van der Waals surface area contributed by atoms with Crippen molar-refractivity contribution in [3.05, 3.63) is 0 Å². The monoisotopic (exact) mass is 238 g/mol. The van der Waals surface area contributed by atoms with Gasteiger partial charge in [-0.3, -0.25) is 4.90 Å². The van der Waals surface area contributed by atoms with Gasteiger partial charge < -0.3 is 10.1 Å². The molecular formula is C14H26N2O. The molecule has 3 heteroatoms. The SMILES string of the molecule is C1CCC(CNCC2CN3CCCC3CO2)C1. The van der Waals surface area contributed by atoms with E-state index in [4.69, 9.17) is 4.74 Å². The van der Waals surface area contributed by atoms with E-state index in [0.29, 0.717) is 6.10 Å². The highest BCUT2D eigenvalue weighted by atomic mass is 16.5. The lowest BCUT2D eigenvalue weighted by Crippen LogP contribution is -2.49. The highest BCUT2D eigenvalue weighted by Gasteiger charge is 2.31. The third kappa shape index (κ3) is 3.01. The minimum Gasteiger partial charge on any atom is -0.374 e. The Morgan fingerprint density at radius 1 is 1.06 bits per heavy atom. The van der Waals surface area contributed by atoms with E-state index in [1.165, 1.54) is 51.6 Å². The molecule has 0 amide bonds. The Hall–Kier alpha value is -0.120. The molecule has 2 unspecified atom stereocenters. The van der Waals surface area contributed by atoms with E-state index in [1.54, 1.807) is 0 Å². The fraction of sp³-hybridized carbons (Fsp3) is 1.00. The maximum atomic E-state index is 5.95. The number of hydrogen-bond donors (Lipinski definition) is 1. The quantitative estimate of drug-likeness (QED) is 0.805. The second-order valence-electron chi connectivity index (χ2n) is 6.06. The zero-order valence-electron chi connectivity index (χ0n) is 10.9. The van der Waals surface area contributed by atoms with Crippen molar-refractivity contribution in [3.8, 4) is 0 Å². The minimum atomic E-state index is 0.436. The van der Waals surface area contributed by atoms with Crippen molar-refractivity contribution in [2.45, 2.75) is 50.7 Å². The molecule has 0 aromatic heterocycles. The fourth-order valence-corrected chi connectivity index (χ4v) is 3.67. The van der Waals surface area contributed by atoms with Crippen molar-refractivity contribution >= 4 is 0 Å². The topological polar surface area (TPSA) is 24.5 Å². The molecule has 0 aromatic rings. The van der Waals surface area contributed by atoms with Gasteiger partial charge in [0.25, 0.3) is 0 Å². The average molecular weight is 238 g/mol. The second kappa shape index (κ2) is 5.68. The first-order chi connectivity index (χ1) is 8.42. The molecule has 3 nitrogen and oxygen atoms in total. The summed E-state index contributed by atoms with van der Waals surface area (Å²) >= 11 is 0. The van der Waals surface area contributed by atoms with Crippen molar-refractivity contribution in [2.75, 3.05) is 32.8 Å². The van der Waals surface area contributed by atoms with Gasteiger partial charge in [0.05, 0.1) is 12.7 Å². The van der Waals surface area contributed by atoms with Gasteiger partial charge in [-0.25, -0.2) is 0 Å². The summed E-state index contributed by atoms with van der Waals surface area (Å²) in [5.41, 5.74) is 0. The summed E-state index contributed by atoms with van der Waals surface area (Å²) in [6, 6.07) is 0.737. The highest BCUT2D eigenvalue weighted by Crippen LogP contribution is 2.24. The molecule has 0 spiro atoms. The van der Waals surface area contributed by atoms with Crippen LogP contribution in [-0.4, -0.2) is 49.8 Å². The summed E-state index contributed by atoms with van der Waals surface area (Å²) in [5.74, 6) is 0.943. The van der Waals surface area contributed by atoms with E-state index in [2.05, 4.69) is 10.2 Å². The maximum Gasteiger partial charge on any atom is 0.0826 e. The van der Waals surface area contributed by atoms with E-state index in [0.717, 1.165) is 31.7 Å². The largest absolute Gasteiger partial charge is 0.374 e. The van der Waals surface area contributed by atoms with Crippen molar-refractivity contribution in [3.63, 3.8) is 0 Å². The van der Waals surface area contributed by atoms with Crippen LogP contribution < -0.4 is 5.32 Å². The van der Waals surface area contributed by atoms with Gasteiger partial charge in [-0.15, -0.1) is 0 Å². The van der Waals surface area contributed by atoms with Gasteiger partial charge in [0.15, 0.2) is 0 Å². The van der Waals surface area contributed by atoms with Gasteiger partial charge >= 0.3 is 0 Å². The molecule has 0 radical (unpaired) electrons. The van der Waals surface area contributed by atoms with Gasteiger partial charge in [-0.05, 0) is 44.7 Å². The zero-order valence-corrected chi connectivity index (χ0v) is 10.9. The lowest BCUT2D eigenvalue weighted by atomic mass is 10.1. The lowest BCUT2D eigenvalue weighted by molar-refractivity contribution is -0.0471.